The second kappa shape index (κ2) is 4.28. The summed E-state index contributed by atoms with van der Waals surface area (Å²) in [6, 6.07) is 0. The van der Waals surface area contributed by atoms with Gasteiger partial charge in [-0.15, -0.1) is 0 Å². The highest BCUT2D eigenvalue weighted by molar-refractivity contribution is 4.93. The molecule has 0 aliphatic carbocycles. The summed E-state index contributed by atoms with van der Waals surface area (Å²) in [6.07, 6.45) is 1.26. The Morgan fingerprint density at radius 1 is 1.38 bits per heavy atom. The van der Waals surface area contributed by atoms with E-state index in [4.69, 9.17) is 4.74 Å². The van der Waals surface area contributed by atoms with E-state index in [0.29, 0.717) is 5.92 Å². The summed E-state index contributed by atoms with van der Waals surface area (Å²) >= 11 is 0. The molecule has 3 heteroatoms. The van der Waals surface area contributed by atoms with Crippen LogP contribution in [0.15, 0.2) is 0 Å². The summed E-state index contributed by atoms with van der Waals surface area (Å²) in [7, 11) is 0. The van der Waals surface area contributed by atoms with Gasteiger partial charge in [-0.05, 0) is 26.4 Å². The van der Waals surface area contributed by atoms with Gasteiger partial charge >= 0.3 is 0 Å². The van der Waals surface area contributed by atoms with Gasteiger partial charge in [0.2, 0.25) is 0 Å². The van der Waals surface area contributed by atoms with Crippen LogP contribution in [0.5, 0.6) is 0 Å². The molecule has 0 bridgehead atoms. The molecule has 2 saturated heterocycles. The topological polar surface area (TPSA) is 24.5 Å². The lowest BCUT2D eigenvalue weighted by atomic mass is 9.88. The Kier molecular flexibility index (Phi) is 3.30. The van der Waals surface area contributed by atoms with Crippen molar-refractivity contribution in [1.29, 1.82) is 0 Å². The van der Waals surface area contributed by atoms with E-state index in [1.54, 1.807) is 0 Å². The molecule has 3 nitrogen and oxygen atoms in total. The number of rotatable bonds is 2. The monoisotopic (exact) mass is 226 g/mol. The molecule has 2 fully saturated rings. The molecule has 0 spiro atoms. The highest BCUT2D eigenvalue weighted by atomic mass is 16.5. The Balaban J connectivity index is 1.94. The van der Waals surface area contributed by atoms with Gasteiger partial charge in [-0.1, -0.05) is 20.8 Å². The summed E-state index contributed by atoms with van der Waals surface area (Å²) < 4.78 is 6.12. The van der Waals surface area contributed by atoms with Gasteiger partial charge < -0.3 is 9.64 Å². The van der Waals surface area contributed by atoms with E-state index >= 15 is 0 Å². The van der Waals surface area contributed by atoms with Crippen molar-refractivity contribution in [1.82, 2.24) is 10.2 Å². The van der Waals surface area contributed by atoms with Crippen LogP contribution < -0.4 is 5.32 Å². The van der Waals surface area contributed by atoms with Gasteiger partial charge in [-0.3, -0.25) is 5.32 Å². The minimum atomic E-state index is -0.0978. The van der Waals surface area contributed by atoms with Gasteiger partial charge in [0.25, 0.3) is 0 Å². The first-order chi connectivity index (χ1) is 7.45. The molecule has 94 valence electrons. The predicted octanol–water partition coefficient (Wildman–Crippen LogP) is 1.69. The van der Waals surface area contributed by atoms with Crippen LogP contribution in [0.25, 0.3) is 0 Å². The van der Waals surface area contributed by atoms with E-state index in [-0.39, 0.29) is 11.1 Å². The fourth-order valence-electron chi connectivity index (χ4n) is 2.69. The molecule has 0 aromatic rings. The Morgan fingerprint density at radius 2 is 2.12 bits per heavy atom. The first-order valence-electron chi connectivity index (χ1n) is 6.56. The van der Waals surface area contributed by atoms with E-state index in [9.17, 15) is 0 Å². The van der Waals surface area contributed by atoms with Crippen molar-refractivity contribution in [3.8, 4) is 0 Å². The largest absolute Gasteiger partial charge is 0.360 e. The summed E-state index contributed by atoms with van der Waals surface area (Å²) in [5.41, 5.74) is 0.183. The number of hydrogen-bond acceptors (Lipinski definition) is 3. The third kappa shape index (κ3) is 2.41. The van der Waals surface area contributed by atoms with Crippen LogP contribution in [-0.2, 0) is 4.74 Å². The van der Waals surface area contributed by atoms with Crippen LogP contribution in [0, 0.1) is 11.3 Å². The Labute approximate surface area is 99.5 Å². The lowest BCUT2D eigenvalue weighted by molar-refractivity contribution is -0.154. The third-order valence-corrected chi connectivity index (χ3v) is 4.18. The van der Waals surface area contributed by atoms with E-state index in [1.165, 1.54) is 19.5 Å². The molecule has 2 aliphatic rings. The standard InChI is InChI=1S/C13H26N2O/c1-5-15-7-6-11(8-15)13(4)14-9-12(2,3)10-16-13/h11,14H,5-10H2,1-4H3. The van der Waals surface area contributed by atoms with E-state index in [1.807, 2.05) is 0 Å². The summed E-state index contributed by atoms with van der Waals surface area (Å²) in [5.74, 6) is 0.642. The van der Waals surface area contributed by atoms with Gasteiger partial charge in [-0.2, -0.15) is 0 Å². The Hall–Kier alpha value is -0.120. The quantitative estimate of drug-likeness (QED) is 0.775. The van der Waals surface area contributed by atoms with Crippen molar-refractivity contribution < 1.29 is 4.74 Å². The van der Waals surface area contributed by atoms with Gasteiger partial charge in [0.1, 0.15) is 5.72 Å². The molecule has 0 amide bonds. The van der Waals surface area contributed by atoms with Crippen LogP contribution in [0.3, 0.4) is 0 Å². The van der Waals surface area contributed by atoms with Gasteiger partial charge in [-0.25, -0.2) is 0 Å². The first kappa shape index (κ1) is 12.3. The number of nitrogens with zero attached hydrogens (tertiary/aromatic N) is 1. The maximum Gasteiger partial charge on any atom is 0.120 e. The molecule has 0 radical (unpaired) electrons. The fourth-order valence-corrected chi connectivity index (χ4v) is 2.69. The zero-order chi connectivity index (χ0) is 11.8. The number of ether oxygens (including phenoxy) is 1. The normalized spacial score (nSPS) is 40.1. The van der Waals surface area contributed by atoms with Crippen molar-refractivity contribution in [3.63, 3.8) is 0 Å². The van der Waals surface area contributed by atoms with Crippen LogP contribution in [0.4, 0.5) is 0 Å². The average Bonchev–Trinajstić information content (AvgIpc) is 2.72. The Bertz CT molecular complexity index is 242. The van der Waals surface area contributed by atoms with Crippen LogP contribution in [0.1, 0.15) is 34.1 Å². The number of nitrogens with one attached hydrogen (secondary N) is 1. The first-order valence-corrected chi connectivity index (χ1v) is 6.56. The predicted molar refractivity (Wildman–Crippen MR) is 66.4 cm³/mol. The smallest absolute Gasteiger partial charge is 0.120 e. The molecule has 2 aliphatic heterocycles. The molecule has 2 heterocycles. The molecule has 0 aromatic carbocycles. The van der Waals surface area contributed by atoms with E-state index < -0.39 is 0 Å². The Morgan fingerprint density at radius 3 is 2.62 bits per heavy atom. The molecule has 2 rings (SSSR count). The van der Waals surface area contributed by atoms with E-state index in [2.05, 4.69) is 37.9 Å². The zero-order valence-electron chi connectivity index (χ0n) is 11.2. The highest BCUT2D eigenvalue weighted by Gasteiger charge is 2.43. The van der Waals surface area contributed by atoms with Crippen molar-refractivity contribution in [2.45, 2.75) is 39.8 Å². The lowest BCUT2D eigenvalue weighted by Crippen LogP contribution is -2.60. The van der Waals surface area contributed by atoms with Crippen molar-refractivity contribution in [3.05, 3.63) is 0 Å². The molecular weight excluding hydrogens is 200 g/mol. The van der Waals surface area contributed by atoms with Crippen LogP contribution >= 0.6 is 0 Å². The number of hydrogen-bond donors (Lipinski definition) is 1. The molecule has 2 atom stereocenters. The molecule has 0 saturated carbocycles. The lowest BCUT2D eigenvalue weighted by Gasteiger charge is -2.45. The van der Waals surface area contributed by atoms with Crippen molar-refractivity contribution in [2.24, 2.45) is 11.3 Å². The zero-order valence-corrected chi connectivity index (χ0v) is 11.2. The molecule has 0 aromatic heterocycles. The maximum absolute atomic E-state index is 6.12. The van der Waals surface area contributed by atoms with Gasteiger partial charge in [0.05, 0.1) is 6.61 Å². The summed E-state index contributed by atoms with van der Waals surface area (Å²) in [6.45, 7) is 14.5. The second-order valence-corrected chi connectivity index (χ2v) is 6.29. The molecule has 1 N–H and O–H groups in total. The average molecular weight is 226 g/mol. The van der Waals surface area contributed by atoms with E-state index in [0.717, 1.165) is 19.7 Å². The molecule has 2 unspecified atom stereocenters. The van der Waals surface area contributed by atoms with Gasteiger partial charge in [0.15, 0.2) is 0 Å². The van der Waals surface area contributed by atoms with Crippen molar-refractivity contribution >= 4 is 0 Å². The van der Waals surface area contributed by atoms with Crippen LogP contribution in [-0.4, -0.2) is 43.4 Å². The fraction of sp³-hybridized carbons (Fsp3) is 1.00. The summed E-state index contributed by atoms with van der Waals surface area (Å²) in [4.78, 5) is 2.51. The summed E-state index contributed by atoms with van der Waals surface area (Å²) in [5, 5.41) is 3.62. The SMILES string of the molecule is CCN1CCC(C2(C)NCC(C)(C)CO2)C1. The molecular formula is C13H26N2O. The maximum atomic E-state index is 6.12. The minimum Gasteiger partial charge on any atom is -0.360 e. The van der Waals surface area contributed by atoms with Crippen LogP contribution in [0.2, 0.25) is 0 Å². The highest BCUT2D eigenvalue weighted by Crippen LogP contribution is 2.33. The third-order valence-electron chi connectivity index (χ3n) is 4.18. The minimum absolute atomic E-state index is 0.0978. The van der Waals surface area contributed by atoms with Gasteiger partial charge in [0, 0.05) is 24.4 Å². The second-order valence-electron chi connectivity index (χ2n) is 6.29. The molecule has 16 heavy (non-hydrogen) atoms. The van der Waals surface area contributed by atoms with Crippen molar-refractivity contribution in [2.75, 3.05) is 32.8 Å². The number of likely N-dealkylation sites (tertiary alicyclic amines) is 1.